The first-order chi connectivity index (χ1) is 12.1. The first-order valence-electron chi connectivity index (χ1n) is 9.29. The van der Waals surface area contributed by atoms with Crippen molar-refractivity contribution in [2.75, 3.05) is 10.2 Å². The van der Waals surface area contributed by atoms with Gasteiger partial charge >= 0.3 is 0 Å². The Hall–Kier alpha value is -2.29. The number of nitrogens with zero attached hydrogens (tertiary/aromatic N) is 1. The van der Waals surface area contributed by atoms with Gasteiger partial charge < -0.3 is 10.2 Å². The van der Waals surface area contributed by atoms with Gasteiger partial charge in [0.2, 0.25) is 5.91 Å². The monoisotopic (exact) mass is 334 g/mol. The molecule has 1 aliphatic carbocycles. The minimum absolute atomic E-state index is 0.158. The predicted octanol–water partition coefficient (Wildman–Crippen LogP) is 4.93. The van der Waals surface area contributed by atoms with Crippen LogP contribution in [0.3, 0.4) is 0 Å². The van der Waals surface area contributed by atoms with E-state index in [9.17, 15) is 4.79 Å². The van der Waals surface area contributed by atoms with E-state index in [1.165, 1.54) is 29.7 Å². The topological polar surface area (TPSA) is 32.3 Å². The quantitative estimate of drug-likeness (QED) is 0.863. The van der Waals surface area contributed by atoms with E-state index in [1.54, 1.807) is 6.92 Å². The van der Waals surface area contributed by atoms with Gasteiger partial charge in [-0.15, -0.1) is 0 Å². The third-order valence-electron chi connectivity index (χ3n) is 5.79. The molecule has 2 unspecified atom stereocenters. The number of aryl methyl sites for hydroxylation is 1. The van der Waals surface area contributed by atoms with Crippen LogP contribution >= 0.6 is 0 Å². The zero-order chi connectivity index (χ0) is 17.6. The number of fused-ring (bicyclic) bond motifs is 1. The Balaban J connectivity index is 1.79. The lowest BCUT2D eigenvalue weighted by atomic mass is 9.80. The maximum atomic E-state index is 12.5. The standard InChI is InChI=1S/C22H26N2O/c1-14-8-4-6-10-19(14)23-21-15(2)22(17-12-13-17)24(16(3)25)20-11-7-5-9-18(20)21/h4-11,15,17,21-23H,12-13H2,1-3H3/t15-,21?,22?/m1/s1. The summed E-state index contributed by atoms with van der Waals surface area (Å²) in [6, 6.07) is 17.3. The zero-order valence-corrected chi connectivity index (χ0v) is 15.2. The average molecular weight is 334 g/mol. The van der Waals surface area contributed by atoms with E-state index in [4.69, 9.17) is 0 Å². The summed E-state index contributed by atoms with van der Waals surface area (Å²) in [5, 5.41) is 3.79. The van der Waals surface area contributed by atoms with Crippen LogP contribution in [0.25, 0.3) is 0 Å². The maximum absolute atomic E-state index is 12.5. The molecule has 130 valence electrons. The molecule has 25 heavy (non-hydrogen) atoms. The van der Waals surface area contributed by atoms with Crippen LogP contribution in [0.15, 0.2) is 48.5 Å². The summed E-state index contributed by atoms with van der Waals surface area (Å²) < 4.78 is 0. The smallest absolute Gasteiger partial charge is 0.224 e. The van der Waals surface area contributed by atoms with Gasteiger partial charge in [-0.1, -0.05) is 43.3 Å². The third kappa shape index (κ3) is 2.82. The molecule has 2 aromatic rings. The van der Waals surface area contributed by atoms with Crippen molar-refractivity contribution in [1.82, 2.24) is 0 Å². The van der Waals surface area contributed by atoms with Crippen molar-refractivity contribution in [1.29, 1.82) is 0 Å². The van der Waals surface area contributed by atoms with Crippen LogP contribution in [-0.4, -0.2) is 11.9 Å². The van der Waals surface area contributed by atoms with Crippen LogP contribution < -0.4 is 10.2 Å². The lowest BCUT2D eigenvalue weighted by Gasteiger charge is -2.46. The van der Waals surface area contributed by atoms with E-state index in [0.717, 1.165) is 5.69 Å². The number of carbonyl (C=O) groups excluding carboxylic acids is 1. The van der Waals surface area contributed by atoms with E-state index in [0.29, 0.717) is 11.8 Å². The molecule has 1 heterocycles. The van der Waals surface area contributed by atoms with E-state index < -0.39 is 0 Å². The first kappa shape index (κ1) is 16.2. The summed E-state index contributed by atoms with van der Waals surface area (Å²) in [6.45, 7) is 6.14. The fourth-order valence-corrected chi connectivity index (χ4v) is 4.42. The largest absolute Gasteiger partial charge is 0.378 e. The molecule has 3 nitrogen and oxygen atoms in total. The molecule has 4 rings (SSSR count). The number of hydrogen-bond donors (Lipinski definition) is 1. The van der Waals surface area contributed by atoms with Gasteiger partial charge in [0.25, 0.3) is 0 Å². The van der Waals surface area contributed by atoms with Crippen molar-refractivity contribution in [2.24, 2.45) is 11.8 Å². The van der Waals surface area contributed by atoms with Crippen LogP contribution in [0.1, 0.15) is 43.9 Å². The average Bonchev–Trinajstić information content (AvgIpc) is 3.43. The van der Waals surface area contributed by atoms with E-state index >= 15 is 0 Å². The summed E-state index contributed by atoms with van der Waals surface area (Å²) in [6.07, 6.45) is 2.47. The van der Waals surface area contributed by atoms with Crippen molar-refractivity contribution in [3.05, 3.63) is 59.7 Å². The van der Waals surface area contributed by atoms with Crippen molar-refractivity contribution in [2.45, 2.75) is 45.7 Å². The summed E-state index contributed by atoms with van der Waals surface area (Å²) in [7, 11) is 0. The molecule has 0 radical (unpaired) electrons. The van der Waals surface area contributed by atoms with Crippen molar-refractivity contribution >= 4 is 17.3 Å². The van der Waals surface area contributed by atoms with Crippen LogP contribution in [0.4, 0.5) is 11.4 Å². The van der Waals surface area contributed by atoms with Gasteiger partial charge in [0.15, 0.2) is 0 Å². The molecule has 0 saturated heterocycles. The molecule has 2 aliphatic rings. The second-order valence-corrected chi connectivity index (χ2v) is 7.57. The number of carbonyl (C=O) groups is 1. The number of para-hydroxylation sites is 2. The number of rotatable bonds is 3. The summed E-state index contributed by atoms with van der Waals surface area (Å²) >= 11 is 0. The van der Waals surface area contributed by atoms with Crippen LogP contribution in [0.5, 0.6) is 0 Å². The fraction of sp³-hybridized carbons (Fsp3) is 0.409. The highest BCUT2D eigenvalue weighted by molar-refractivity contribution is 5.94. The van der Waals surface area contributed by atoms with Crippen molar-refractivity contribution < 1.29 is 4.79 Å². The summed E-state index contributed by atoms with van der Waals surface area (Å²) in [5.41, 5.74) is 4.74. The zero-order valence-electron chi connectivity index (χ0n) is 15.2. The molecule has 1 aliphatic heterocycles. The van der Waals surface area contributed by atoms with Gasteiger partial charge in [-0.2, -0.15) is 0 Å². The molecule has 1 N–H and O–H groups in total. The van der Waals surface area contributed by atoms with Gasteiger partial charge in [0, 0.05) is 30.3 Å². The highest BCUT2D eigenvalue weighted by atomic mass is 16.2. The Labute approximate surface area is 150 Å². The molecule has 1 saturated carbocycles. The molecular weight excluding hydrogens is 308 g/mol. The fourth-order valence-electron chi connectivity index (χ4n) is 4.42. The first-order valence-corrected chi connectivity index (χ1v) is 9.29. The summed E-state index contributed by atoms with van der Waals surface area (Å²) in [4.78, 5) is 14.5. The van der Waals surface area contributed by atoms with Gasteiger partial charge in [0.05, 0.1) is 6.04 Å². The van der Waals surface area contributed by atoms with Crippen molar-refractivity contribution in [3.8, 4) is 0 Å². The Kier molecular flexibility index (Phi) is 4.03. The van der Waals surface area contributed by atoms with Crippen LogP contribution in [0, 0.1) is 18.8 Å². The molecule has 3 atom stereocenters. The lowest BCUT2D eigenvalue weighted by molar-refractivity contribution is -0.117. The molecule has 2 aromatic carbocycles. The Morgan fingerprint density at radius 2 is 1.76 bits per heavy atom. The molecule has 0 bridgehead atoms. The maximum Gasteiger partial charge on any atom is 0.224 e. The van der Waals surface area contributed by atoms with Gasteiger partial charge in [-0.25, -0.2) is 0 Å². The number of amides is 1. The molecule has 1 amide bonds. The SMILES string of the molecule is CC(=O)N1c2ccccc2C(Nc2ccccc2C)[C@@H](C)C1C1CC1. The highest BCUT2D eigenvalue weighted by Gasteiger charge is 2.47. The van der Waals surface area contributed by atoms with E-state index in [2.05, 4.69) is 66.5 Å². The molecule has 0 aromatic heterocycles. The molecule has 3 heteroatoms. The summed E-state index contributed by atoms with van der Waals surface area (Å²) in [5.74, 6) is 1.16. The van der Waals surface area contributed by atoms with Crippen molar-refractivity contribution in [3.63, 3.8) is 0 Å². The second-order valence-electron chi connectivity index (χ2n) is 7.57. The predicted molar refractivity (Wildman–Crippen MR) is 103 cm³/mol. The van der Waals surface area contributed by atoms with E-state index in [1.807, 2.05) is 6.07 Å². The highest BCUT2D eigenvalue weighted by Crippen LogP contribution is 2.49. The minimum atomic E-state index is 0.158. The molecule has 0 spiro atoms. The minimum Gasteiger partial charge on any atom is -0.378 e. The number of hydrogen-bond acceptors (Lipinski definition) is 2. The van der Waals surface area contributed by atoms with Crippen LogP contribution in [0.2, 0.25) is 0 Å². The number of anilines is 2. The molecule has 1 fully saturated rings. The molecular formula is C22H26N2O. The second kappa shape index (κ2) is 6.21. The number of nitrogens with one attached hydrogen (secondary N) is 1. The lowest BCUT2D eigenvalue weighted by Crippen LogP contribution is -2.51. The van der Waals surface area contributed by atoms with Gasteiger partial charge in [-0.3, -0.25) is 4.79 Å². The number of benzene rings is 2. The Morgan fingerprint density at radius 1 is 1.08 bits per heavy atom. The van der Waals surface area contributed by atoms with Gasteiger partial charge in [0.1, 0.15) is 0 Å². The Morgan fingerprint density at radius 3 is 2.44 bits per heavy atom. The van der Waals surface area contributed by atoms with E-state index in [-0.39, 0.29) is 18.0 Å². The normalized spacial score (nSPS) is 25.4. The van der Waals surface area contributed by atoms with Gasteiger partial charge in [-0.05, 0) is 48.9 Å². The third-order valence-corrected chi connectivity index (χ3v) is 5.79. The Bertz CT molecular complexity index is 796. The van der Waals surface area contributed by atoms with Crippen LogP contribution in [-0.2, 0) is 4.79 Å².